The highest BCUT2D eigenvalue weighted by Crippen LogP contribution is 2.21. The lowest BCUT2D eigenvalue weighted by molar-refractivity contribution is -0.00545. The highest BCUT2D eigenvalue weighted by Gasteiger charge is 2.22. The number of nitrogens with zero attached hydrogens (tertiary/aromatic N) is 4. The van der Waals surface area contributed by atoms with Crippen LogP contribution >= 0.6 is 0 Å². The van der Waals surface area contributed by atoms with E-state index in [1.165, 1.54) is 0 Å². The molecule has 1 saturated heterocycles. The number of anilines is 3. The third kappa shape index (κ3) is 3.76. The molecule has 0 saturated carbocycles. The Morgan fingerprint density at radius 2 is 1.91 bits per heavy atom. The summed E-state index contributed by atoms with van der Waals surface area (Å²) >= 11 is 0. The predicted molar refractivity (Wildman–Crippen MR) is 88.7 cm³/mol. The molecule has 1 N–H and O–H groups in total. The molecule has 0 aliphatic carbocycles. The van der Waals surface area contributed by atoms with Crippen LogP contribution in [0.2, 0.25) is 0 Å². The topological polar surface area (TPSA) is 74.1 Å². The zero-order chi connectivity index (χ0) is 16.2. The van der Waals surface area contributed by atoms with Gasteiger partial charge in [-0.05, 0) is 38.1 Å². The van der Waals surface area contributed by atoms with Crippen molar-refractivity contribution in [1.82, 2.24) is 9.97 Å². The summed E-state index contributed by atoms with van der Waals surface area (Å²) in [4.78, 5) is 11.0. The Morgan fingerprint density at radius 3 is 2.48 bits per heavy atom. The van der Waals surface area contributed by atoms with Gasteiger partial charge in [-0.1, -0.05) is 0 Å². The summed E-state index contributed by atoms with van der Waals surface area (Å²) in [5, 5.41) is 12.0. The van der Waals surface area contributed by atoms with Crippen molar-refractivity contribution in [3.8, 4) is 6.07 Å². The molecule has 0 aromatic carbocycles. The van der Waals surface area contributed by atoms with Gasteiger partial charge in [-0.25, -0.2) is 9.97 Å². The Labute approximate surface area is 135 Å². The maximum atomic E-state index is 8.78. The standard InChI is InChI=1S/C17H19N5O/c1-12-10-22(11-13(2)23-12)17-6-4-15(9-20-17)21-16-5-3-14(7-18)8-19-16/h3-6,8-9,12-13H,10-11H2,1-2H3,(H,19,21)/t12-,13-/m0/s1. The van der Waals surface area contributed by atoms with Gasteiger partial charge in [0.15, 0.2) is 0 Å². The van der Waals surface area contributed by atoms with Crippen LogP contribution in [-0.4, -0.2) is 35.3 Å². The number of nitriles is 1. The number of rotatable bonds is 3. The van der Waals surface area contributed by atoms with Crippen molar-refractivity contribution in [3.05, 3.63) is 42.2 Å². The molecule has 2 atom stereocenters. The van der Waals surface area contributed by atoms with Gasteiger partial charge >= 0.3 is 0 Å². The molecule has 6 nitrogen and oxygen atoms in total. The van der Waals surface area contributed by atoms with E-state index in [9.17, 15) is 0 Å². The fraction of sp³-hybridized carbons (Fsp3) is 0.353. The van der Waals surface area contributed by atoms with Gasteiger partial charge in [-0.3, -0.25) is 0 Å². The molecule has 0 unspecified atom stereocenters. The van der Waals surface area contributed by atoms with Gasteiger partial charge < -0.3 is 15.0 Å². The van der Waals surface area contributed by atoms with E-state index < -0.39 is 0 Å². The summed E-state index contributed by atoms with van der Waals surface area (Å²) in [5.74, 6) is 1.64. The molecule has 2 aromatic heterocycles. The van der Waals surface area contributed by atoms with E-state index in [0.717, 1.165) is 24.6 Å². The van der Waals surface area contributed by atoms with Crippen molar-refractivity contribution < 1.29 is 4.74 Å². The third-order valence-electron chi connectivity index (χ3n) is 3.66. The molecule has 0 spiro atoms. The van der Waals surface area contributed by atoms with Gasteiger partial charge in [-0.2, -0.15) is 5.26 Å². The normalized spacial score (nSPS) is 20.8. The van der Waals surface area contributed by atoms with E-state index in [2.05, 4.69) is 40.1 Å². The van der Waals surface area contributed by atoms with Crippen LogP contribution in [0.5, 0.6) is 0 Å². The molecule has 1 aliphatic heterocycles. The Morgan fingerprint density at radius 1 is 1.13 bits per heavy atom. The quantitative estimate of drug-likeness (QED) is 0.939. The molecule has 0 radical (unpaired) electrons. The minimum atomic E-state index is 0.209. The molecular formula is C17H19N5O. The lowest BCUT2D eigenvalue weighted by Crippen LogP contribution is -2.45. The second kappa shape index (κ2) is 6.63. The van der Waals surface area contributed by atoms with Crippen molar-refractivity contribution in [2.45, 2.75) is 26.1 Å². The predicted octanol–water partition coefficient (Wildman–Crippen LogP) is 2.71. The number of ether oxygens (including phenoxy) is 1. The fourth-order valence-electron chi connectivity index (χ4n) is 2.69. The van der Waals surface area contributed by atoms with Crippen molar-refractivity contribution in [2.24, 2.45) is 0 Å². The van der Waals surface area contributed by atoms with Gasteiger partial charge in [0.2, 0.25) is 0 Å². The average molecular weight is 309 g/mol. The van der Waals surface area contributed by atoms with Crippen LogP contribution < -0.4 is 10.2 Å². The molecule has 2 aromatic rings. The lowest BCUT2D eigenvalue weighted by atomic mass is 10.2. The Kier molecular flexibility index (Phi) is 4.40. The van der Waals surface area contributed by atoms with Crippen LogP contribution in [-0.2, 0) is 4.74 Å². The minimum Gasteiger partial charge on any atom is -0.372 e. The highest BCUT2D eigenvalue weighted by atomic mass is 16.5. The molecular weight excluding hydrogens is 290 g/mol. The summed E-state index contributed by atoms with van der Waals surface area (Å²) < 4.78 is 5.75. The van der Waals surface area contributed by atoms with E-state index in [4.69, 9.17) is 10.00 Å². The number of hydrogen-bond acceptors (Lipinski definition) is 6. The summed E-state index contributed by atoms with van der Waals surface area (Å²) in [7, 11) is 0. The average Bonchev–Trinajstić information content (AvgIpc) is 2.55. The van der Waals surface area contributed by atoms with E-state index in [1.807, 2.05) is 12.1 Å². The first-order chi connectivity index (χ1) is 11.1. The largest absolute Gasteiger partial charge is 0.372 e. The molecule has 118 valence electrons. The molecule has 3 heterocycles. The maximum Gasteiger partial charge on any atom is 0.130 e. The number of pyridine rings is 2. The lowest BCUT2D eigenvalue weighted by Gasteiger charge is -2.36. The van der Waals surface area contributed by atoms with E-state index in [1.54, 1.807) is 24.5 Å². The summed E-state index contributed by atoms with van der Waals surface area (Å²) in [6.45, 7) is 5.85. The first-order valence-electron chi connectivity index (χ1n) is 7.63. The molecule has 3 rings (SSSR count). The monoisotopic (exact) mass is 309 g/mol. The van der Waals surface area contributed by atoms with Crippen LogP contribution in [0.15, 0.2) is 36.7 Å². The SMILES string of the molecule is C[C@H]1CN(c2ccc(Nc3ccc(C#N)cn3)cn2)C[C@H](C)O1. The second-order valence-electron chi connectivity index (χ2n) is 5.74. The fourth-order valence-corrected chi connectivity index (χ4v) is 2.69. The first-order valence-corrected chi connectivity index (χ1v) is 7.63. The van der Waals surface area contributed by atoms with Crippen LogP contribution in [0, 0.1) is 11.3 Å². The van der Waals surface area contributed by atoms with E-state index in [0.29, 0.717) is 11.4 Å². The molecule has 0 amide bonds. The number of aromatic nitrogens is 2. The van der Waals surface area contributed by atoms with Crippen LogP contribution in [0.3, 0.4) is 0 Å². The van der Waals surface area contributed by atoms with Crippen LogP contribution in [0.1, 0.15) is 19.4 Å². The summed E-state index contributed by atoms with van der Waals surface area (Å²) in [6, 6.07) is 9.53. The van der Waals surface area contributed by atoms with Gasteiger partial charge in [-0.15, -0.1) is 0 Å². The van der Waals surface area contributed by atoms with Gasteiger partial charge in [0.25, 0.3) is 0 Å². The highest BCUT2D eigenvalue weighted by molar-refractivity contribution is 5.57. The summed E-state index contributed by atoms with van der Waals surface area (Å²) in [5.41, 5.74) is 1.40. The minimum absolute atomic E-state index is 0.209. The third-order valence-corrected chi connectivity index (χ3v) is 3.66. The second-order valence-corrected chi connectivity index (χ2v) is 5.74. The zero-order valence-electron chi connectivity index (χ0n) is 13.2. The molecule has 1 aliphatic rings. The van der Waals surface area contributed by atoms with E-state index in [-0.39, 0.29) is 12.2 Å². The Bertz CT molecular complexity index is 682. The first kappa shape index (κ1) is 15.3. The Balaban J connectivity index is 1.68. The molecule has 6 heteroatoms. The van der Waals surface area contributed by atoms with Crippen molar-refractivity contribution in [1.29, 1.82) is 5.26 Å². The van der Waals surface area contributed by atoms with Crippen molar-refractivity contribution in [3.63, 3.8) is 0 Å². The van der Waals surface area contributed by atoms with Crippen LogP contribution in [0.4, 0.5) is 17.3 Å². The number of morpholine rings is 1. The molecule has 1 fully saturated rings. The Hall–Kier alpha value is -2.65. The van der Waals surface area contributed by atoms with Crippen LogP contribution in [0.25, 0.3) is 0 Å². The zero-order valence-corrected chi connectivity index (χ0v) is 13.2. The molecule has 0 bridgehead atoms. The molecule has 23 heavy (non-hydrogen) atoms. The van der Waals surface area contributed by atoms with Gasteiger partial charge in [0.1, 0.15) is 17.7 Å². The van der Waals surface area contributed by atoms with Crippen molar-refractivity contribution >= 4 is 17.3 Å². The van der Waals surface area contributed by atoms with E-state index >= 15 is 0 Å². The number of hydrogen-bond donors (Lipinski definition) is 1. The smallest absolute Gasteiger partial charge is 0.130 e. The van der Waals surface area contributed by atoms with Gasteiger partial charge in [0, 0.05) is 19.3 Å². The van der Waals surface area contributed by atoms with Gasteiger partial charge in [0.05, 0.1) is 29.7 Å². The number of nitrogens with one attached hydrogen (secondary N) is 1. The van der Waals surface area contributed by atoms with Crippen molar-refractivity contribution in [2.75, 3.05) is 23.3 Å². The maximum absolute atomic E-state index is 8.78. The summed E-state index contributed by atoms with van der Waals surface area (Å²) in [6.07, 6.45) is 3.75.